The van der Waals surface area contributed by atoms with Crippen LogP contribution in [0.3, 0.4) is 0 Å². The average Bonchev–Trinajstić information content (AvgIpc) is 2.67. The van der Waals surface area contributed by atoms with Crippen LogP contribution in [0.5, 0.6) is 0 Å². The molecule has 0 bridgehead atoms. The SMILES string of the molecule is CC(C)(C)N(CCC(=O)c1cccs1)C(=O)O. The first-order valence-corrected chi connectivity index (χ1v) is 6.27. The van der Waals surface area contributed by atoms with Gasteiger partial charge in [-0.15, -0.1) is 11.3 Å². The molecular formula is C12H17NO3S. The molecule has 0 fully saturated rings. The van der Waals surface area contributed by atoms with Crippen molar-refractivity contribution in [3.8, 4) is 0 Å². The zero-order valence-corrected chi connectivity index (χ0v) is 11.1. The van der Waals surface area contributed by atoms with Gasteiger partial charge in [0.05, 0.1) is 4.88 Å². The number of amides is 1. The standard InChI is InChI=1S/C12H17NO3S/c1-12(2,3)13(11(15)16)7-6-9(14)10-5-4-8-17-10/h4-5,8H,6-7H2,1-3H3,(H,15,16). The van der Waals surface area contributed by atoms with Crippen molar-refractivity contribution in [3.63, 3.8) is 0 Å². The molecule has 0 unspecified atom stereocenters. The van der Waals surface area contributed by atoms with Crippen molar-refractivity contribution < 1.29 is 14.7 Å². The second-order valence-electron chi connectivity index (χ2n) is 4.76. The molecule has 0 atom stereocenters. The molecule has 0 saturated carbocycles. The smallest absolute Gasteiger partial charge is 0.407 e. The van der Waals surface area contributed by atoms with E-state index in [4.69, 9.17) is 5.11 Å². The maximum Gasteiger partial charge on any atom is 0.407 e. The maximum absolute atomic E-state index is 11.8. The summed E-state index contributed by atoms with van der Waals surface area (Å²) in [7, 11) is 0. The van der Waals surface area contributed by atoms with E-state index in [1.807, 2.05) is 32.2 Å². The van der Waals surface area contributed by atoms with Crippen LogP contribution in [-0.2, 0) is 0 Å². The van der Waals surface area contributed by atoms with E-state index in [-0.39, 0.29) is 18.7 Å². The number of Topliss-reactive ketones (excluding diaryl/α,β-unsaturated/α-hetero) is 1. The minimum absolute atomic E-state index is 0.00417. The molecule has 1 heterocycles. The third kappa shape index (κ3) is 3.85. The lowest BCUT2D eigenvalue weighted by atomic mass is 10.1. The fraction of sp³-hybridized carbons (Fsp3) is 0.500. The topological polar surface area (TPSA) is 57.6 Å². The molecule has 1 N–H and O–H groups in total. The van der Waals surface area contributed by atoms with Crippen LogP contribution >= 0.6 is 11.3 Å². The van der Waals surface area contributed by atoms with Crippen LogP contribution in [0.2, 0.25) is 0 Å². The maximum atomic E-state index is 11.8. The minimum Gasteiger partial charge on any atom is -0.465 e. The summed E-state index contributed by atoms with van der Waals surface area (Å²) >= 11 is 1.38. The number of thiophene rings is 1. The summed E-state index contributed by atoms with van der Waals surface area (Å²) in [4.78, 5) is 24.8. The van der Waals surface area contributed by atoms with E-state index >= 15 is 0 Å². The van der Waals surface area contributed by atoms with Crippen LogP contribution in [-0.4, -0.2) is 34.0 Å². The highest BCUT2D eigenvalue weighted by Crippen LogP contribution is 2.16. The van der Waals surface area contributed by atoms with Crippen molar-refractivity contribution >= 4 is 23.2 Å². The van der Waals surface area contributed by atoms with Gasteiger partial charge in [-0.1, -0.05) is 6.07 Å². The number of ketones is 1. The molecular weight excluding hydrogens is 238 g/mol. The third-order valence-electron chi connectivity index (χ3n) is 2.40. The van der Waals surface area contributed by atoms with Crippen molar-refractivity contribution in [1.82, 2.24) is 4.90 Å². The molecule has 0 aliphatic rings. The highest BCUT2D eigenvalue weighted by Gasteiger charge is 2.26. The Kier molecular flexibility index (Phi) is 4.28. The van der Waals surface area contributed by atoms with E-state index in [2.05, 4.69) is 0 Å². The number of carbonyl (C=O) groups is 2. The van der Waals surface area contributed by atoms with Crippen molar-refractivity contribution in [2.75, 3.05) is 6.54 Å². The van der Waals surface area contributed by atoms with Gasteiger partial charge >= 0.3 is 6.09 Å². The Morgan fingerprint density at radius 1 is 1.41 bits per heavy atom. The van der Waals surface area contributed by atoms with E-state index < -0.39 is 11.6 Å². The first kappa shape index (κ1) is 13.7. The van der Waals surface area contributed by atoms with Gasteiger partial charge in [-0.05, 0) is 32.2 Å². The van der Waals surface area contributed by atoms with E-state index in [9.17, 15) is 9.59 Å². The Bertz CT molecular complexity index is 392. The first-order valence-electron chi connectivity index (χ1n) is 5.39. The summed E-state index contributed by atoms with van der Waals surface area (Å²) in [5, 5.41) is 10.9. The predicted molar refractivity (Wildman–Crippen MR) is 67.8 cm³/mol. The molecule has 1 aromatic heterocycles. The Labute approximate surface area is 105 Å². The molecule has 4 nitrogen and oxygen atoms in total. The zero-order chi connectivity index (χ0) is 13.1. The van der Waals surface area contributed by atoms with Crippen molar-refractivity contribution in [2.45, 2.75) is 32.7 Å². The average molecular weight is 255 g/mol. The normalized spacial score (nSPS) is 11.2. The van der Waals surface area contributed by atoms with Gasteiger partial charge < -0.3 is 10.0 Å². The van der Waals surface area contributed by atoms with Crippen LogP contribution in [0.15, 0.2) is 17.5 Å². The van der Waals surface area contributed by atoms with Crippen LogP contribution in [0.1, 0.15) is 36.9 Å². The number of nitrogens with zero attached hydrogens (tertiary/aromatic N) is 1. The van der Waals surface area contributed by atoms with Gasteiger partial charge in [-0.2, -0.15) is 0 Å². The van der Waals surface area contributed by atoms with E-state index in [0.717, 1.165) is 0 Å². The molecule has 94 valence electrons. The number of hydrogen-bond acceptors (Lipinski definition) is 3. The fourth-order valence-corrected chi connectivity index (χ4v) is 2.19. The molecule has 0 aliphatic carbocycles. The zero-order valence-electron chi connectivity index (χ0n) is 10.3. The Morgan fingerprint density at radius 3 is 2.47 bits per heavy atom. The Morgan fingerprint density at radius 2 is 2.06 bits per heavy atom. The molecule has 17 heavy (non-hydrogen) atoms. The molecule has 1 amide bonds. The summed E-state index contributed by atoms with van der Waals surface area (Å²) < 4.78 is 0. The summed E-state index contributed by atoms with van der Waals surface area (Å²) in [6.07, 6.45) is -0.763. The summed E-state index contributed by atoms with van der Waals surface area (Å²) in [6.45, 7) is 5.68. The predicted octanol–water partition coefficient (Wildman–Crippen LogP) is 3.10. The lowest BCUT2D eigenvalue weighted by molar-refractivity contribution is 0.0873. The lowest BCUT2D eigenvalue weighted by Gasteiger charge is -2.32. The van der Waals surface area contributed by atoms with E-state index in [1.54, 1.807) is 6.07 Å². The lowest BCUT2D eigenvalue weighted by Crippen LogP contribution is -2.45. The van der Waals surface area contributed by atoms with E-state index in [0.29, 0.717) is 4.88 Å². The third-order valence-corrected chi connectivity index (χ3v) is 3.31. The van der Waals surface area contributed by atoms with Gasteiger partial charge in [0.1, 0.15) is 0 Å². The first-order chi connectivity index (χ1) is 7.82. The molecule has 1 aromatic rings. The molecule has 0 spiro atoms. The van der Waals surface area contributed by atoms with Gasteiger partial charge in [-0.25, -0.2) is 4.79 Å². The molecule has 0 aromatic carbocycles. The van der Waals surface area contributed by atoms with Crippen LogP contribution in [0.4, 0.5) is 4.79 Å². The summed E-state index contributed by atoms with van der Waals surface area (Å²) in [6, 6.07) is 3.58. The number of carbonyl (C=O) groups excluding carboxylic acids is 1. The number of carboxylic acid groups (broad SMARTS) is 1. The van der Waals surface area contributed by atoms with Crippen molar-refractivity contribution in [2.24, 2.45) is 0 Å². The summed E-state index contributed by atoms with van der Waals surface area (Å²) in [5.41, 5.74) is -0.485. The van der Waals surface area contributed by atoms with Crippen molar-refractivity contribution in [1.29, 1.82) is 0 Å². The van der Waals surface area contributed by atoms with E-state index in [1.165, 1.54) is 16.2 Å². The van der Waals surface area contributed by atoms with Crippen molar-refractivity contribution in [3.05, 3.63) is 22.4 Å². The summed E-state index contributed by atoms with van der Waals surface area (Å²) in [5.74, 6) is -0.00417. The largest absolute Gasteiger partial charge is 0.465 e. The number of hydrogen-bond donors (Lipinski definition) is 1. The van der Waals surface area contributed by atoms with Gasteiger partial charge in [0.2, 0.25) is 0 Å². The highest BCUT2D eigenvalue weighted by molar-refractivity contribution is 7.12. The van der Waals surface area contributed by atoms with Crippen LogP contribution in [0.25, 0.3) is 0 Å². The highest BCUT2D eigenvalue weighted by atomic mass is 32.1. The second kappa shape index (κ2) is 5.31. The van der Waals surface area contributed by atoms with Crippen LogP contribution < -0.4 is 0 Å². The van der Waals surface area contributed by atoms with Crippen LogP contribution in [0, 0.1) is 0 Å². The Hall–Kier alpha value is -1.36. The molecule has 5 heteroatoms. The van der Waals surface area contributed by atoms with Gasteiger partial charge in [-0.3, -0.25) is 4.79 Å². The minimum atomic E-state index is -0.989. The quantitative estimate of drug-likeness (QED) is 0.841. The van der Waals surface area contributed by atoms with Gasteiger partial charge in [0, 0.05) is 18.5 Å². The monoisotopic (exact) mass is 255 g/mol. The number of rotatable bonds is 4. The second-order valence-corrected chi connectivity index (χ2v) is 5.70. The van der Waals surface area contributed by atoms with Gasteiger partial charge in [0.25, 0.3) is 0 Å². The molecule has 0 saturated heterocycles. The van der Waals surface area contributed by atoms with Gasteiger partial charge in [0.15, 0.2) is 5.78 Å². The molecule has 0 radical (unpaired) electrons. The Balaban J connectivity index is 2.59. The molecule has 0 aliphatic heterocycles. The fourth-order valence-electron chi connectivity index (χ4n) is 1.49. The molecule has 1 rings (SSSR count).